The maximum absolute atomic E-state index is 13.6. The van der Waals surface area contributed by atoms with E-state index in [4.69, 9.17) is 21.0 Å². The van der Waals surface area contributed by atoms with Gasteiger partial charge in [0.25, 0.3) is 0 Å². The van der Waals surface area contributed by atoms with Crippen LogP contribution in [-0.4, -0.2) is 39.0 Å². The van der Waals surface area contributed by atoms with Crippen LogP contribution in [0.25, 0.3) is 28.5 Å². The molecule has 3 heterocycles. The fraction of sp³-hybridized carbons (Fsp3) is 0.286. The monoisotopic (exact) mass is 428 g/mol. The molecule has 0 amide bonds. The van der Waals surface area contributed by atoms with Crippen LogP contribution < -0.4 is 10.6 Å². The highest BCUT2D eigenvalue weighted by molar-refractivity contribution is 6.33. The molecule has 0 radical (unpaired) electrons. The topological polar surface area (TPSA) is 80.3 Å². The first-order valence-corrected chi connectivity index (χ1v) is 10.1. The minimum Gasteiger partial charge on any atom is -0.432 e. The molecule has 156 valence electrons. The van der Waals surface area contributed by atoms with Gasteiger partial charge in [-0.05, 0) is 50.7 Å². The molecular formula is C21H22ClFN6O. The van der Waals surface area contributed by atoms with E-state index in [-0.39, 0.29) is 11.1 Å². The number of hydrogen-bond acceptors (Lipinski definition) is 6. The van der Waals surface area contributed by atoms with Crippen molar-refractivity contribution in [1.82, 2.24) is 24.7 Å². The Balaban J connectivity index is 1.77. The zero-order valence-electron chi connectivity index (χ0n) is 16.7. The molecule has 0 aliphatic rings. The summed E-state index contributed by atoms with van der Waals surface area (Å²) in [5.41, 5.74) is 2.51. The molecular weight excluding hydrogens is 407 g/mol. The lowest BCUT2D eigenvalue weighted by Gasteiger charge is -2.17. The predicted molar refractivity (Wildman–Crippen MR) is 115 cm³/mol. The van der Waals surface area contributed by atoms with Gasteiger partial charge in [-0.25, -0.2) is 14.4 Å². The molecule has 2 N–H and O–H groups in total. The fourth-order valence-corrected chi connectivity index (χ4v) is 3.60. The zero-order chi connectivity index (χ0) is 21.1. The van der Waals surface area contributed by atoms with Gasteiger partial charge in [-0.1, -0.05) is 18.5 Å². The minimum atomic E-state index is -0.408. The molecule has 0 saturated heterocycles. The van der Waals surface area contributed by atoms with Crippen LogP contribution >= 0.6 is 11.6 Å². The molecule has 0 spiro atoms. The Morgan fingerprint density at radius 1 is 1.27 bits per heavy atom. The number of rotatable bonds is 8. The lowest BCUT2D eigenvalue weighted by Crippen LogP contribution is -2.24. The summed E-state index contributed by atoms with van der Waals surface area (Å²) in [5, 5.41) is 6.82. The summed E-state index contributed by atoms with van der Waals surface area (Å²) in [6.07, 6.45) is 6.91. The van der Waals surface area contributed by atoms with E-state index >= 15 is 0 Å². The van der Waals surface area contributed by atoms with Crippen molar-refractivity contribution in [1.29, 1.82) is 0 Å². The third kappa shape index (κ3) is 4.01. The first kappa shape index (κ1) is 20.3. The highest BCUT2D eigenvalue weighted by Crippen LogP contribution is 2.36. The standard InChI is InChI=1S/C21H22ClFN6O/c1-3-14(6-8-24-2)26-20-25-9-7-17(27-20)19-18(28-21-29(19)10-11-30-21)15-5-4-13(23)12-16(15)22/h4-5,7,9-12,14,24H,3,6,8H2,1-2H3,(H,25,26,27). The van der Waals surface area contributed by atoms with E-state index < -0.39 is 5.82 Å². The van der Waals surface area contributed by atoms with Crippen LogP contribution in [0.4, 0.5) is 10.3 Å². The van der Waals surface area contributed by atoms with Crippen LogP contribution in [0.2, 0.25) is 5.02 Å². The van der Waals surface area contributed by atoms with Crippen LogP contribution in [0.15, 0.2) is 47.3 Å². The molecule has 7 nitrogen and oxygen atoms in total. The third-order valence-electron chi connectivity index (χ3n) is 4.92. The van der Waals surface area contributed by atoms with Gasteiger partial charge in [0.1, 0.15) is 23.5 Å². The van der Waals surface area contributed by atoms with E-state index in [1.807, 2.05) is 7.05 Å². The van der Waals surface area contributed by atoms with Crippen molar-refractivity contribution < 1.29 is 8.81 Å². The Morgan fingerprint density at radius 3 is 2.90 bits per heavy atom. The molecule has 0 aliphatic carbocycles. The molecule has 0 fully saturated rings. The molecule has 0 aliphatic heterocycles. The number of imidazole rings is 1. The smallest absolute Gasteiger partial charge is 0.306 e. The fourth-order valence-electron chi connectivity index (χ4n) is 3.34. The van der Waals surface area contributed by atoms with E-state index in [0.717, 1.165) is 19.4 Å². The van der Waals surface area contributed by atoms with Gasteiger partial charge in [0, 0.05) is 24.0 Å². The molecule has 3 aromatic heterocycles. The van der Waals surface area contributed by atoms with E-state index in [0.29, 0.717) is 34.4 Å². The van der Waals surface area contributed by atoms with Crippen LogP contribution in [0.3, 0.4) is 0 Å². The second-order valence-corrected chi connectivity index (χ2v) is 7.30. The Kier molecular flexibility index (Phi) is 5.96. The number of fused-ring (bicyclic) bond motifs is 1. The Hall–Kier alpha value is -2.97. The highest BCUT2D eigenvalue weighted by atomic mass is 35.5. The normalized spacial score (nSPS) is 12.4. The first-order valence-electron chi connectivity index (χ1n) is 9.76. The maximum atomic E-state index is 13.6. The summed E-state index contributed by atoms with van der Waals surface area (Å²) >= 11 is 6.31. The second kappa shape index (κ2) is 8.81. The van der Waals surface area contributed by atoms with E-state index in [1.54, 1.807) is 35.2 Å². The lowest BCUT2D eigenvalue weighted by molar-refractivity contribution is 0.596. The van der Waals surface area contributed by atoms with Crippen molar-refractivity contribution in [3.05, 3.63) is 53.8 Å². The largest absolute Gasteiger partial charge is 0.432 e. The number of nitrogens with zero attached hydrogens (tertiary/aromatic N) is 4. The summed E-state index contributed by atoms with van der Waals surface area (Å²) in [5.74, 6) is 0.521. The van der Waals surface area contributed by atoms with E-state index in [9.17, 15) is 4.39 Å². The van der Waals surface area contributed by atoms with Crippen molar-refractivity contribution in [2.45, 2.75) is 25.8 Å². The molecule has 9 heteroatoms. The Bertz CT molecular complexity index is 1160. The quantitative estimate of drug-likeness (QED) is 0.425. The van der Waals surface area contributed by atoms with Crippen molar-refractivity contribution >= 4 is 23.4 Å². The number of nitrogens with one attached hydrogen (secondary N) is 2. The summed E-state index contributed by atoms with van der Waals surface area (Å²) in [4.78, 5) is 13.6. The molecule has 1 atom stereocenters. The summed E-state index contributed by atoms with van der Waals surface area (Å²) in [7, 11) is 1.93. The van der Waals surface area contributed by atoms with Crippen molar-refractivity contribution in [2.24, 2.45) is 0 Å². The predicted octanol–water partition coefficient (Wildman–Crippen LogP) is 4.64. The van der Waals surface area contributed by atoms with Gasteiger partial charge >= 0.3 is 5.84 Å². The number of hydrogen-bond donors (Lipinski definition) is 2. The highest BCUT2D eigenvalue weighted by Gasteiger charge is 2.21. The van der Waals surface area contributed by atoms with Crippen molar-refractivity contribution in [3.8, 4) is 22.6 Å². The van der Waals surface area contributed by atoms with Gasteiger partial charge in [-0.2, -0.15) is 4.98 Å². The SMILES string of the molecule is CCC(CCNC)Nc1nccc(-c2c(-c3ccc(F)cc3Cl)nc3occn23)n1. The van der Waals surface area contributed by atoms with Gasteiger partial charge in [0.15, 0.2) is 0 Å². The molecule has 1 aromatic carbocycles. The van der Waals surface area contributed by atoms with Crippen LogP contribution in [-0.2, 0) is 0 Å². The number of halogens is 2. The van der Waals surface area contributed by atoms with Crippen molar-refractivity contribution in [2.75, 3.05) is 18.9 Å². The number of benzene rings is 1. The van der Waals surface area contributed by atoms with E-state index in [1.165, 1.54) is 12.1 Å². The first-order chi connectivity index (χ1) is 14.6. The molecule has 4 rings (SSSR count). The van der Waals surface area contributed by atoms with Crippen LogP contribution in [0, 0.1) is 5.82 Å². The molecule has 0 saturated carbocycles. The zero-order valence-corrected chi connectivity index (χ0v) is 17.4. The van der Waals surface area contributed by atoms with Crippen LogP contribution in [0.1, 0.15) is 19.8 Å². The van der Waals surface area contributed by atoms with Crippen LogP contribution in [0.5, 0.6) is 0 Å². The van der Waals surface area contributed by atoms with Crippen molar-refractivity contribution in [3.63, 3.8) is 0 Å². The Morgan fingerprint density at radius 2 is 2.13 bits per heavy atom. The number of oxazole rings is 1. The Labute approximate surface area is 178 Å². The third-order valence-corrected chi connectivity index (χ3v) is 5.23. The van der Waals surface area contributed by atoms with Gasteiger partial charge in [0.05, 0.1) is 10.7 Å². The average molecular weight is 429 g/mol. The molecule has 0 bridgehead atoms. The summed E-state index contributed by atoms with van der Waals surface area (Å²) < 4.78 is 20.8. The van der Waals surface area contributed by atoms with Gasteiger partial charge in [-0.3, -0.25) is 4.40 Å². The van der Waals surface area contributed by atoms with Gasteiger partial charge in [0.2, 0.25) is 5.95 Å². The number of aromatic nitrogens is 4. The summed E-state index contributed by atoms with van der Waals surface area (Å²) in [6, 6.07) is 6.28. The second-order valence-electron chi connectivity index (χ2n) is 6.90. The molecule has 4 aromatic rings. The van der Waals surface area contributed by atoms with Gasteiger partial charge in [-0.15, -0.1) is 0 Å². The number of anilines is 1. The molecule has 1 unspecified atom stereocenters. The average Bonchev–Trinajstić information content (AvgIpc) is 3.32. The van der Waals surface area contributed by atoms with E-state index in [2.05, 4.69) is 27.5 Å². The van der Waals surface area contributed by atoms with Gasteiger partial charge < -0.3 is 15.1 Å². The molecule has 30 heavy (non-hydrogen) atoms. The minimum absolute atomic E-state index is 0.248. The lowest BCUT2D eigenvalue weighted by atomic mass is 10.1. The summed E-state index contributed by atoms with van der Waals surface area (Å²) in [6.45, 7) is 3.02. The maximum Gasteiger partial charge on any atom is 0.306 e.